The molecule has 39 heavy (non-hydrogen) atoms. The van der Waals surface area contributed by atoms with Crippen LogP contribution in [0.1, 0.15) is 51.9 Å². The fraction of sp³-hybridized carbons (Fsp3) is 0.235. The van der Waals surface area contributed by atoms with Gasteiger partial charge in [-0.25, -0.2) is 4.99 Å². The maximum atomic E-state index is 13.5. The molecule has 0 bridgehead atoms. The average molecular weight is 519 g/mol. The van der Waals surface area contributed by atoms with Gasteiger partial charge >= 0.3 is 5.97 Å². The summed E-state index contributed by atoms with van der Waals surface area (Å²) in [6, 6.07) is 35.7. The highest BCUT2D eigenvalue weighted by molar-refractivity contribution is 5.98. The Labute approximate surface area is 230 Å². The Bertz CT molecular complexity index is 1380. The van der Waals surface area contributed by atoms with Gasteiger partial charge in [0.05, 0.1) is 6.42 Å². The molecule has 0 amide bonds. The predicted molar refractivity (Wildman–Crippen MR) is 155 cm³/mol. The van der Waals surface area contributed by atoms with Crippen LogP contribution in [-0.2, 0) is 20.8 Å². The lowest BCUT2D eigenvalue weighted by atomic mass is 10.0. The molecular weight excluding hydrogens is 484 g/mol. The maximum Gasteiger partial charge on any atom is 0.308 e. The van der Waals surface area contributed by atoms with Crippen LogP contribution in [0.25, 0.3) is 0 Å². The number of hydrogen-bond acceptors (Lipinski definition) is 5. The van der Waals surface area contributed by atoms with Crippen LogP contribution < -0.4 is 5.32 Å². The monoisotopic (exact) mass is 518 g/mol. The summed E-state index contributed by atoms with van der Waals surface area (Å²) in [4.78, 5) is 18.4. The number of rotatable bonds is 10. The van der Waals surface area contributed by atoms with Crippen molar-refractivity contribution in [1.29, 1.82) is 0 Å². The van der Waals surface area contributed by atoms with Gasteiger partial charge in [0.1, 0.15) is 12.6 Å². The molecule has 0 aromatic heterocycles. The van der Waals surface area contributed by atoms with E-state index >= 15 is 0 Å². The minimum atomic E-state index is -0.550. The Hall–Kier alpha value is -4.22. The summed E-state index contributed by atoms with van der Waals surface area (Å²) < 4.78 is 12.3. The van der Waals surface area contributed by atoms with Crippen molar-refractivity contribution in [3.63, 3.8) is 0 Å². The van der Waals surface area contributed by atoms with Crippen LogP contribution in [-0.4, -0.2) is 24.5 Å². The van der Waals surface area contributed by atoms with Gasteiger partial charge in [-0.2, -0.15) is 0 Å². The third-order valence-corrected chi connectivity index (χ3v) is 7.07. The molecule has 1 N–H and O–H groups in total. The molecule has 198 valence electrons. The molecular formula is C34H34N2O3. The molecule has 0 aliphatic carbocycles. The zero-order chi connectivity index (χ0) is 27.0. The van der Waals surface area contributed by atoms with Crippen LogP contribution in [0.2, 0.25) is 0 Å². The molecule has 5 rings (SSSR count). The van der Waals surface area contributed by atoms with E-state index in [9.17, 15) is 4.79 Å². The number of hydrogen-bond donors (Lipinski definition) is 1. The van der Waals surface area contributed by atoms with E-state index in [1.165, 1.54) is 0 Å². The number of aryl methyl sites for hydroxylation is 2. The zero-order valence-electron chi connectivity index (χ0n) is 22.4. The van der Waals surface area contributed by atoms with Crippen molar-refractivity contribution < 1.29 is 14.3 Å². The standard InChI is InChI=1S/C34H34N2O3/c1-24-13-12-14-25(2)32(24)34-36-30(23-38-34)33(28-19-10-5-11-20-28)39-31(37)21-29(27-17-8-4-9-18-27)35-22-26-15-6-3-7-16-26/h3-20,29-30,33,35H,21-23H2,1-2H3/t29-,30+,33+/m1/s1. The summed E-state index contributed by atoms with van der Waals surface area (Å²) in [7, 11) is 0. The molecule has 1 heterocycles. The zero-order valence-corrected chi connectivity index (χ0v) is 22.4. The van der Waals surface area contributed by atoms with Gasteiger partial charge in [-0.1, -0.05) is 109 Å². The second-order valence-electron chi connectivity index (χ2n) is 9.93. The number of esters is 1. The van der Waals surface area contributed by atoms with E-state index in [0.717, 1.165) is 33.4 Å². The molecule has 0 saturated carbocycles. The Morgan fingerprint density at radius 2 is 1.44 bits per heavy atom. The van der Waals surface area contributed by atoms with E-state index in [0.29, 0.717) is 19.0 Å². The lowest BCUT2D eigenvalue weighted by Gasteiger charge is -2.24. The maximum absolute atomic E-state index is 13.5. The highest BCUT2D eigenvalue weighted by Crippen LogP contribution is 2.31. The van der Waals surface area contributed by atoms with Crippen molar-refractivity contribution in [2.45, 2.75) is 45.0 Å². The first-order chi connectivity index (χ1) is 19.1. The summed E-state index contributed by atoms with van der Waals surface area (Å²) in [5.41, 5.74) is 6.33. The van der Waals surface area contributed by atoms with E-state index in [4.69, 9.17) is 14.5 Å². The minimum absolute atomic E-state index is 0.191. The second-order valence-corrected chi connectivity index (χ2v) is 9.93. The molecule has 0 fully saturated rings. The van der Waals surface area contributed by atoms with Gasteiger partial charge < -0.3 is 14.8 Å². The molecule has 1 aliphatic rings. The molecule has 5 heteroatoms. The molecule has 0 saturated heterocycles. The summed E-state index contributed by atoms with van der Waals surface area (Å²) in [5.74, 6) is 0.327. The summed E-state index contributed by atoms with van der Waals surface area (Å²) >= 11 is 0. The molecule has 0 unspecified atom stereocenters. The van der Waals surface area contributed by atoms with Gasteiger partial charge in [0.2, 0.25) is 5.90 Å². The SMILES string of the molecule is Cc1cccc(C)c1C1=N[C@H]([C@@H](OC(=O)C[C@@H](NCc2ccccc2)c2ccccc2)c2ccccc2)CO1. The average Bonchev–Trinajstić information content (AvgIpc) is 3.45. The Morgan fingerprint density at radius 1 is 0.846 bits per heavy atom. The van der Waals surface area contributed by atoms with Crippen LogP contribution in [0.5, 0.6) is 0 Å². The quantitative estimate of drug-likeness (QED) is 0.239. The molecule has 5 nitrogen and oxygen atoms in total. The van der Waals surface area contributed by atoms with Crippen molar-refractivity contribution in [1.82, 2.24) is 5.32 Å². The van der Waals surface area contributed by atoms with Crippen LogP contribution in [0, 0.1) is 13.8 Å². The lowest BCUT2D eigenvalue weighted by Crippen LogP contribution is -2.28. The van der Waals surface area contributed by atoms with Crippen molar-refractivity contribution in [2.24, 2.45) is 4.99 Å². The number of carbonyl (C=O) groups is 1. The molecule has 4 aromatic rings. The van der Waals surface area contributed by atoms with Gasteiger partial charge in [-0.15, -0.1) is 0 Å². The molecule has 3 atom stereocenters. The van der Waals surface area contributed by atoms with E-state index < -0.39 is 6.10 Å². The van der Waals surface area contributed by atoms with Crippen molar-refractivity contribution in [3.8, 4) is 0 Å². The van der Waals surface area contributed by atoms with E-state index in [-0.39, 0.29) is 24.5 Å². The largest absolute Gasteiger partial charge is 0.475 e. The van der Waals surface area contributed by atoms with Crippen molar-refractivity contribution >= 4 is 11.9 Å². The number of benzene rings is 4. The first kappa shape index (κ1) is 26.4. The normalized spacial score (nSPS) is 16.2. The van der Waals surface area contributed by atoms with E-state index in [1.807, 2.05) is 84.9 Å². The van der Waals surface area contributed by atoms with Crippen LogP contribution in [0.3, 0.4) is 0 Å². The van der Waals surface area contributed by atoms with Gasteiger partial charge in [-0.3, -0.25) is 4.79 Å². The first-order valence-electron chi connectivity index (χ1n) is 13.4. The fourth-order valence-corrected chi connectivity index (χ4v) is 5.03. The highest BCUT2D eigenvalue weighted by Gasteiger charge is 2.33. The predicted octanol–water partition coefficient (Wildman–Crippen LogP) is 6.65. The smallest absolute Gasteiger partial charge is 0.308 e. The molecule has 0 radical (unpaired) electrons. The Kier molecular flexibility index (Phi) is 8.49. The van der Waals surface area contributed by atoms with Gasteiger partial charge in [0, 0.05) is 18.2 Å². The highest BCUT2D eigenvalue weighted by atomic mass is 16.6. The van der Waals surface area contributed by atoms with E-state index in [2.05, 4.69) is 43.4 Å². The first-order valence-corrected chi connectivity index (χ1v) is 13.4. The number of nitrogens with zero attached hydrogens (tertiary/aromatic N) is 1. The fourth-order valence-electron chi connectivity index (χ4n) is 5.03. The number of nitrogens with one attached hydrogen (secondary N) is 1. The lowest BCUT2D eigenvalue weighted by molar-refractivity contribution is -0.151. The number of carbonyl (C=O) groups excluding carboxylic acids is 1. The molecule has 1 aliphatic heterocycles. The van der Waals surface area contributed by atoms with Crippen molar-refractivity contribution in [2.75, 3.05) is 6.61 Å². The van der Waals surface area contributed by atoms with E-state index in [1.54, 1.807) is 0 Å². The molecule has 4 aromatic carbocycles. The topological polar surface area (TPSA) is 59.9 Å². The summed E-state index contributed by atoms with van der Waals surface area (Å²) in [6.45, 7) is 5.12. The third-order valence-electron chi connectivity index (χ3n) is 7.07. The molecule has 0 spiro atoms. The Balaban J connectivity index is 1.36. The van der Waals surface area contributed by atoms with Gasteiger partial charge in [0.25, 0.3) is 0 Å². The summed E-state index contributed by atoms with van der Waals surface area (Å²) in [5, 5.41) is 3.55. The van der Waals surface area contributed by atoms with Gasteiger partial charge in [-0.05, 0) is 41.7 Å². The van der Waals surface area contributed by atoms with Crippen molar-refractivity contribution in [3.05, 3.63) is 143 Å². The second kappa shape index (κ2) is 12.5. The van der Waals surface area contributed by atoms with Crippen LogP contribution in [0.15, 0.2) is 114 Å². The number of ether oxygens (including phenoxy) is 2. The van der Waals surface area contributed by atoms with Crippen LogP contribution >= 0.6 is 0 Å². The Morgan fingerprint density at radius 3 is 2.08 bits per heavy atom. The third kappa shape index (κ3) is 6.62. The number of aliphatic imine (C=N–C) groups is 1. The summed E-state index contributed by atoms with van der Waals surface area (Å²) in [6.07, 6.45) is -0.354. The van der Waals surface area contributed by atoms with Gasteiger partial charge in [0.15, 0.2) is 6.10 Å². The minimum Gasteiger partial charge on any atom is -0.475 e. The van der Waals surface area contributed by atoms with Crippen LogP contribution in [0.4, 0.5) is 0 Å².